The average molecular weight is 386 g/mol. The molecule has 146 valence electrons. The van der Waals surface area contributed by atoms with Gasteiger partial charge in [0.15, 0.2) is 0 Å². The predicted molar refractivity (Wildman–Crippen MR) is 87.2 cm³/mol. The van der Waals surface area contributed by atoms with Crippen LogP contribution in [0.5, 0.6) is 0 Å². The lowest BCUT2D eigenvalue weighted by Crippen LogP contribution is -2.45. The summed E-state index contributed by atoms with van der Waals surface area (Å²) in [5.74, 6) is -2.57. The Morgan fingerprint density at radius 2 is 1.85 bits per heavy atom. The molecule has 1 saturated heterocycles. The van der Waals surface area contributed by atoms with Crippen molar-refractivity contribution in [2.75, 3.05) is 13.1 Å². The van der Waals surface area contributed by atoms with Gasteiger partial charge in [-0.1, -0.05) is 12.1 Å². The Bertz CT molecular complexity index is 746. The zero-order valence-corrected chi connectivity index (χ0v) is 13.9. The molecule has 2 rings (SSSR count). The number of nitrogens with zero attached hydrogens (tertiary/aromatic N) is 1. The molecule has 0 spiro atoms. The normalized spacial score (nSPS) is 20.1. The highest BCUT2D eigenvalue weighted by Crippen LogP contribution is 2.29. The number of carboxylic acid groups (broad SMARTS) is 1. The number of carboxylic acids is 1. The first-order valence-electron chi connectivity index (χ1n) is 7.91. The Morgan fingerprint density at radius 1 is 1.22 bits per heavy atom. The van der Waals surface area contributed by atoms with Crippen molar-refractivity contribution in [2.24, 2.45) is 0 Å². The topological polar surface area (TPSA) is 107 Å². The van der Waals surface area contributed by atoms with Crippen molar-refractivity contribution < 1.29 is 37.8 Å². The van der Waals surface area contributed by atoms with Crippen LogP contribution in [0.2, 0.25) is 0 Å². The van der Waals surface area contributed by atoms with Gasteiger partial charge in [0.2, 0.25) is 11.8 Å². The summed E-state index contributed by atoms with van der Waals surface area (Å²) in [7, 11) is 0. The third-order valence-electron chi connectivity index (χ3n) is 3.96. The molecule has 1 fully saturated rings. The number of likely N-dealkylation sites (tertiary alicyclic amines) is 1. The van der Waals surface area contributed by atoms with Crippen LogP contribution in [0, 0.1) is 0 Å². The molecular weight excluding hydrogens is 369 g/mol. The smallest absolute Gasteiger partial charge is 0.416 e. The van der Waals surface area contributed by atoms with Gasteiger partial charge in [-0.15, -0.1) is 0 Å². The molecule has 1 aliphatic rings. The maximum absolute atomic E-state index is 12.5. The summed E-state index contributed by atoms with van der Waals surface area (Å²) < 4.78 is 37.4. The minimum atomic E-state index is -4.45. The Morgan fingerprint density at radius 3 is 2.41 bits per heavy atom. The van der Waals surface area contributed by atoms with E-state index >= 15 is 0 Å². The number of hydrogen-bond donors (Lipinski definition) is 3. The van der Waals surface area contributed by atoms with Gasteiger partial charge in [0, 0.05) is 19.0 Å². The number of aliphatic carboxylic acids is 1. The molecule has 0 aromatic heterocycles. The second-order valence-corrected chi connectivity index (χ2v) is 5.96. The van der Waals surface area contributed by atoms with Crippen LogP contribution in [0.15, 0.2) is 30.3 Å². The third-order valence-corrected chi connectivity index (χ3v) is 3.96. The van der Waals surface area contributed by atoms with E-state index < -0.39 is 48.2 Å². The molecule has 1 heterocycles. The first-order chi connectivity index (χ1) is 12.6. The van der Waals surface area contributed by atoms with E-state index in [1.54, 1.807) is 0 Å². The number of halogens is 3. The highest BCUT2D eigenvalue weighted by atomic mass is 19.4. The van der Waals surface area contributed by atoms with E-state index in [4.69, 9.17) is 5.11 Å². The quantitative estimate of drug-likeness (QED) is 0.652. The number of aliphatic hydroxyl groups is 1. The summed E-state index contributed by atoms with van der Waals surface area (Å²) in [6, 6.07) is 3.01. The number of aliphatic hydroxyl groups excluding tert-OH is 1. The number of carbonyl (C=O) groups is 3. The van der Waals surface area contributed by atoms with Crippen molar-refractivity contribution in [3.63, 3.8) is 0 Å². The number of amides is 2. The first-order valence-corrected chi connectivity index (χ1v) is 7.91. The monoisotopic (exact) mass is 386 g/mol. The Kier molecular flexibility index (Phi) is 6.21. The van der Waals surface area contributed by atoms with Gasteiger partial charge in [-0.05, 0) is 23.8 Å². The van der Waals surface area contributed by atoms with Crippen molar-refractivity contribution >= 4 is 23.9 Å². The van der Waals surface area contributed by atoms with Crippen molar-refractivity contribution in [2.45, 2.75) is 24.7 Å². The minimum absolute atomic E-state index is 0.0805. The lowest BCUT2D eigenvalue weighted by Gasteiger charge is -2.21. The van der Waals surface area contributed by atoms with E-state index in [2.05, 4.69) is 5.32 Å². The summed E-state index contributed by atoms with van der Waals surface area (Å²) in [5.41, 5.74) is -0.450. The second-order valence-electron chi connectivity index (χ2n) is 5.96. The zero-order chi connectivity index (χ0) is 20.2. The molecule has 27 heavy (non-hydrogen) atoms. The van der Waals surface area contributed by atoms with E-state index in [0.717, 1.165) is 23.1 Å². The average Bonchev–Trinajstić information content (AvgIpc) is 2.99. The van der Waals surface area contributed by atoms with E-state index in [0.29, 0.717) is 5.56 Å². The van der Waals surface area contributed by atoms with Crippen molar-refractivity contribution in [3.8, 4) is 0 Å². The molecule has 0 saturated carbocycles. The Labute approximate surface area is 152 Å². The van der Waals surface area contributed by atoms with Crippen LogP contribution >= 0.6 is 0 Å². The van der Waals surface area contributed by atoms with E-state index in [-0.39, 0.29) is 13.0 Å². The van der Waals surface area contributed by atoms with Crippen LogP contribution < -0.4 is 5.32 Å². The van der Waals surface area contributed by atoms with Crippen LogP contribution in [0.25, 0.3) is 6.08 Å². The first kappa shape index (κ1) is 20.4. The van der Waals surface area contributed by atoms with Gasteiger partial charge in [0.25, 0.3) is 0 Å². The number of alkyl halides is 3. The Balaban J connectivity index is 1.87. The molecule has 7 nitrogen and oxygen atoms in total. The van der Waals surface area contributed by atoms with Crippen molar-refractivity contribution in [1.82, 2.24) is 10.2 Å². The van der Waals surface area contributed by atoms with Gasteiger partial charge in [-0.3, -0.25) is 9.59 Å². The third kappa shape index (κ3) is 5.55. The van der Waals surface area contributed by atoms with Gasteiger partial charge < -0.3 is 20.4 Å². The molecule has 0 radical (unpaired) electrons. The molecule has 1 aromatic rings. The van der Waals surface area contributed by atoms with Crippen molar-refractivity contribution in [1.29, 1.82) is 0 Å². The van der Waals surface area contributed by atoms with Gasteiger partial charge in [-0.25, -0.2) is 4.79 Å². The number of carbonyl (C=O) groups excluding carboxylic acids is 2. The summed E-state index contributed by atoms with van der Waals surface area (Å²) in [6.45, 7) is -0.597. The summed E-state index contributed by atoms with van der Waals surface area (Å²) >= 11 is 0. The molecule has 10 heteroatoms. The molecule has 1 aliphatic heterocycles. The number of β-amino-alcohol motifs (C(OH)–C–C–N with tert-alkyl or cyclic N) is 1. The number of benzene rings is 1. The zero-order valence-electron chi connectivity index (χ0n) is 13.9. The molecule has 1 aromatic carbocycles. The van der Waals surface area contributed by atoms with Crippen LogP contribution in [0.4, 0.5) is 13.2 Å². The van der Waals surface area contributed by atoms with Crippen molar-refractivity contribution in [3.05, 3.63) is 41.5 Å². The van der Waals surface area contributed by atoms with Crippen LogP contribution in [0.1, 0.15) is 17.5 Å². The number of rotatable bonds is 5. The lowest BCUT2D eigenvalue weighted by molar-refractivity contribution is -0.148. The summed E-state index contributed by atoms with van der Waals surface area (Å²) in [5, 5.41) is 20.8. The maximum atomic E-state index is 12.5. The van der Waals surface area contributed by atoms with Gasteiger partial charge in [-0.2, -0.15) is 13.2 Å². The van der Waals surface area contributed by atoms with Crippen LogP contribution in [-0.2, 0) is 20.6 Å². The molecular formula is C17H17F3N2O5. The predicted octanol–water partition coefficient (Wildman–Crippen LogP) is 0.881. The lowest BCUT2D eigenvalue weighted by atomic mass is 10.1. The molecule has 0 bridgehead atoms. The largest absolute Gasteiger partial charge is 0.480 e. The minimum Gasteiger partial charge on any atom is -0.480 e. The van der Waals surface area contributed by atoms with Gasteiger partial charge in [0.1, 0.15) is 6.04 Å². The highest BCUT2D eigenvalue weighted by molar-refractivity contribution is 5.95. The fraction of sp³-hybridized carbons (Fsp3) is 0.353. The van der Waals surface area contributed by atoms with E-state index in [9.17, 15) is 32.7 Å². The van der Waals surface area contributed by atoms with Crippen LogP contribution in [-0.4, -0.2) is 58.1 Å². The number of nitrogens with one attached hydrogen (secondary N) is 1. The highest BCUT2D eigenvalue weighted by Gasteiger charge is 2.38. The molecule has 2 atom stereocenters. The SMILES string of the molecule is O=C(/C=C/c1ccc(C(F)(F)F)cc1)NCC(=O)N1C[C@H](O)C[C@@H]1C(=O)O. The van der Waals surface area contributed by atoms with E-state index in [1.165, 1.54) is 18.2 Å². The molecule has 3 N–H and O–H groups in total. The summed E-state index contributed by atoms with van der Waals surface area (Å²) in [4.78, 5) is 35.8. The Hall–Kier alpha value is -2.88. The van der Waals surface area contributed by atoms with Crippen LogP contribution in [0.3, 0.4) is 0 Å². The molecule has 0 unspecified atom stereocenters. The standard InChI is InChI=1S/C17H17F3N2O5/c18-17(19,20)11-4-1-10(2-5-11)3-6-14(24)21-8-15(25)22-9-12(23)7-13(22)16(26)27/h1-6,12-13,23H,7-9H2,(H,21,24)(H,26,27)/b6-3+/t12-,13-/m1/s1. The fourth-order valence-corrected chi connectivity index (χ4v) is 2.60. The maximum Gasteiger partial charge on any atom is 0.416 e. The number of hydrogen-bond acceptors (Lipinski definition) is 4. The second kappa shape index (κ2) is 8.21. The van der Waals surface area contributed by atoms with Gasteiger partial charge in [0.05, 0.1) is 18.2 Å². The molecule has 0 aliphatic carbocycles. The summed E-state index contributed by atoms with van der Waals surface area (Å²) in [6.07, 6.45) is -3.15. The van der Waals surface area contributed by atoms with E-state index in [1.807, 2.05) is 0 Å². The fourth-order valence-electron chi connectivity index (χ4n) is 2.60. The van der Waals surface area contributed by atoms with Gasteiger partial charge >= 0.3 is 12.1 Å². The molecule has 2 amide bonds.